The van der Waals surface area contributed by atoms with Gasteiger partial charge in [0.2, 0.25) is 5.82 Å². The minimum atomic E-state index is -0.372. The summed E-state index contributed by atoms with van der Waals surface area (Å²) in [5.74, 6) is 0.671. The average Bonchev–Trinajstić information content (AvgIpc) is 3.38. The number of furan rings is 1. The number of carbonyl (C=O) groups is 1. The number of halogens is 1. The number of benzene rings is 2. The number of amides is 1. The lowest BCUT2D eigenvalue weighted by atomic mass is 10.1. The highest BCUT2D eigenvalue weighted by atomic mass is 19.1. The van der Waals surface area contributed by atoms with Gasteiger partial charge in [0.05, 0.1) is 12.8 Å². The van der Waals surface area contributed by atoms with Crippen molar-refractivity contribution in [2.75, 3.05) is 0 Å². The molecule has 2 aromatic carbocycles. The van der Waals surface area contributed by atoms with Crippen molar-refractivity contribution in [2.24, 2.45) is 0 Å². The fraction of sp³-hybridized carbons (Fsp3) is 0.0500. The Labute approximate surface area is 153 Å². The maximum Gasteiger partial charge on any atom is 0.258 e. The second-order valence-corrected chi connectivity index (χ2v) is 5.77. The van der Waals surface area contributed by atoms with E-state index in [-0.39, 0.29) is 17.6 Å². The van der Waals surface area contributed by atoms with Crippen LogP contribution in [0.25, 0.3) is 22.8 Å². The van der Waals surface area contributed by atoms with Gasteiger partial charge in [0.1, 0.15) is 11.6 Å². The third-order valence-corrected chi connectivity index (χ3v) is 3.91. The molecule has 0 fully saturated rings. The van der Waals surface area contributed by atoms with E-state index in [4.69, 9.17) is 8.94 Å². The molecule has 0 bridgehead atoms. The molecule has 6 nitrogen and oxygen atoms in total. The molecule has 0 unspecified atom stereocenters. The first kappa shape index (κ1) is 16.7. The molecule has 0 aliphatic carbocycles. The van der Waals surface area contributed by atoms with Crippen molar-refractivity contribution in [1.82, 2.24) is 15.5 Å². The lowest BCUT2D eigenvalue weighted by molar-refractivity contribution is 0.0948. The summed E-state index contributed by atoms with van der Waals surface area (Å²) in [5.41, 5.74) is 1.68. The zero-order valence-electron chi connectivity index (χ0n) is 14.1. The molecule has 0 atom stereocenters. The van der Waals surface area contributed by atoms with Crippen molar-refractivity contribution < 1.29 is 18.1 Å². The summed E-state index contributed by atoms with van der Waals surface area (Å²) in [5, 5.41) is 6.65. The molecule has 4 aromatic rings. The highest BCUT2D eigenvalue weighted by molar-refractivity contribution is 5.94. The number of hydrogen-bond donors (Lipinski definition) is 1. The van der Waals surface area contributed by atoms with Crippen LogP contribution in [0.5, 0.6) is 0 Å². The zero-order valence-corrected chi connectivity index (χ0v) is 14.1. The van der Waals surface area contributed by atoms with E-state index in [0.717, 1.165) is 0 Å². The summed E-state index contributed by atoms with van der Waals surface area (Å²) in [7, 11) is 0. The van der Waals surface area contributed by atoms with Crippen LogP contribution in [0, 0.1) is 5.82 Å². The van der Waals surface area contributed by atoms with E-state index in [9.17, 15) is 9.18 Å². The Morgan fingerprint density at radius 2 is 1.89 bits per heavy atom. The van der Waals surface area contributed by atoms with Gasteiger partial charge in [0, 0.05) is 16.7 Å². The molecule has 1 N–H and O–H groups in total. The van der Waals surface area contributed by atoms with Gasteiger partial charge in [-0.2, -0.15) is 4.98 Å². The Bertz CT molecular complexity index is 1060. The third-order valence-electron chi connectivity index (χ3n) is 3.91. The Balaban J connectivity index is 1.47. The average molecular weight is 363 g/mol. The van der Waals surface area contributed by atoms with Crippen LogP contribution in [0.2, 0.25) is 0 Å². The molecule has 4 rings (SSSR count). The van der Waals surface area contributed by atoms with Gasteiger partial charge in [-0.25, -0.2) is 4.39 Å². The Kier molecular flexibility index (Phi) is 4.49. The maximum absolute atomic E-state index is 13.3. The number of hydrogen-bond acceptors (Lipinski definition) is 5. The van der Waals surface area contributed by atoms with Crippen molar-refractivity contribution in [1.29, 1.82) is 0 Å². The SMILES string of the molecule is O=C(NCc1ccco1)c1ccc(-c2nc(-c3cccc(F)c3)no2)cc1. The molecule has 0 spiro atoms. The van der Waals surface area contributed by atoms with Crippen LogP contribution >= 0.6 is 0 Å². The number of nitrogens with zero attached hydrogens (tertiary/aromatic N) is 2. The minimum Gasteiger partial charge on any atom is -0.467 e. The van der Waals surface area contributed by atoms with E-state index in [0.29, 0.717) is 34.8 Å². The number of aromatic nitrogens is 2. The molecular formula is C20H14FN3O3. The first-order valence-corrected chi connectivity index (χ1v) is 8.20. The van der Waals surface area contributed by atoms with Gasteiger partial charge in [-0.3, -0.25) is 4.79 Å². The number of rotatable bonds is 5. The number of nitrogens with one attached hydrogen (secondary N) is 1. The van der Waals surface area contributed by atoms with Crippen LogP contribution in [0.1, 0.15) is 16.1 Å². The lowest BCUT2D eigenvalue weighted by Gasteiger charge is -2.03. The predicted molar refractivity (Wildman–Crippen MR) is 95.0 cm³/mol. The van der Waals surface area contributed by atoms with Crippen LogP contribution in [0.4, 0.5) is 4.39 Å². The van der Waals surface area contributed by atoms with Gasteiger partial charge in [-0.1, -0.05) is 17.3 Å². The summed E-state index contributed by atoms with van der Waals surface area (Å²) < 4.78 is 23.7. The molecular weight excluding hydrogens is 349 g/mol. The van der Waals surface area contributed by atoms with Gasteiger partial charge < -0.3 is 14.3 Å². The third kappa shape index (κ3) is 3.77. The first-order chi connectivity index (χ1) is 13.2. The first-order valence-electron chi connectivity index (χ1n) is 8.20. The monoisotopic (exact) mass is 363 g/mol. The van der Waals surface area contributed by atoms with Crippen LogP contribution in [0.3, 0.4) is 0 Å². The van der Waals surface area contributed by atoms with Crippen molar-refractivity contribution in [3.63, 3.8) is 0 Å². The molecule has 0 saturated heterocycles. The Morgan fingerprint density at radius 1 is 1.04 bits per heavy atom. The fourth-order valence-corrected chi connectivity index (χ4v) is 2.53. The highest BCUT2D eigenvalue weighted by Gasteiger charge is 2.12. The van der Waals surface area contributed by atoms with Crippen molar-refractivity contribution in [3.05, 3.63) is 84.1 Å². The molecule has 2 heterocycles. The summed E-state index contributed by atoms with van der Waals surface area (Å²) in [6.45, 7) is 0.314. The molecule has 27 heavy (non-hydrogen) atoms. The van der Waals surface area contributed by atoms with Gasteiger partial charge in [0.15, 0.2) is 0 Å². The largest absolute Gasteiger partial charge is 0.467 e. The second kappa shape index (κ2) is 7.25. The van der Waals surface area contributed by atoms with E-state index in [1.54, 1.807) is 54.8 Å². The van der Waals surface area contributed by atoms with Gasteiger partial charge >= 0.3 is 0 Å². The lowest BCUT2D eigenvalue weighted by Crippen LogP contribution is -2.22. The van der Waals surface area contributed by atoms with E-state index >= 15 is 0 Å². The Hall–Kier alpha value is -3.74. The quantitative estimate of drug-likeness (QED) is 0.578. The van der Waals surface area contributed by atoms with Crippen molar-refractivity contribution >= 4 is 5.91 Å². The highest BCUT2D eigenvalue weighted by Crippen LogP contribution is 2.23. The number of carbonyl (C=O) groups excluding carboxylic acids is 1. The smallest absolute Gasteiger partial charge is 0.258 e. The van der Waals surface area contributed by atoms with E-state index in [2.05, 4.69) is 15.5 Å². The van der Waals surface area contributed by atoms with E-state index < -0.39 is 0 Å². The molecule has 2 aromatic heterocycles. The molecule has 0 radical (unpaired) electrons. The summed E-state index contributed by atoms with van der Waals surface area (Å²) in [6.07, 6.45) is 1.55. The van der Waals surface area contributed by atoms with Crippen LogP contribution in [-0.2, 0) is 6.54 Å². The topological polar surface area (TPSA) is 81.2 Å². The maximum atomic E-state index is 13.3. The van der Waals surface area contributed by atoms with Crippen LogP contribution in [-0.4, -0.2) is 16.0 Å². The second-order valence-electron chi connectivity index (χ2n) is 5.77. The van der Waals surface area contributed by atoms with Gasteiger partial charge in [-0.15, -0.1) is 0 Å². The Morgan fingerprint density at radius 3 is 2.63 bits per heavy atom. The molecule has 0 aliphatic heterocycles. The molecule has 134 valence electrons. The normalized spacial score (nSPS) is 10.7. The van der Waals surface area contributed by atoms with Crippen molar-refractivity contribution in [2.45, 2.75) is 6.54 Å². The molecule has 1 amide bonds. The predicted octanol–water partition coefficient (Wildman–Crippen LogP) is 4.07. The minimum absolute atomic E-state index is 0.219. The van der Waals surface area contributed by atoms with Crippen LogP contribution in [0.15, 0.2) is 75.9 Å². The van der Waals surface area contributed by atoms with Crippen molar-refractivity contribution in [3.8, 4) is 22.8 Å². The van der Waals surface area contributed by atoms with Crippen LogP contribution < -0.4 is 5.32 Å². The van der Waals surface area contributed by atoms with Gasteiger partial charge in [0.25, 0.3) is 11.8 Å². The standard InChI is InChI=1S/C20H14FN3O3/c21-16-4-1-3-15(11-16)18-23-20(27-24-18)14-8-6-13(7-9-14)19(25)22-12-17-5-2-10-26-17/h1-11H,12H2,(H,22,25). The molecule has 7 heteroatoms. The molecule has 0 aliphatic rings. The summed E-state index contributed by atoms with van der Waals surface area (Å²) in [6, 6.07) is 16.3. The van der Waals surface area contributed by atoms with E-state index in [1.165, 1.54) is 12.1 Å². The summed E-state index contributed by atoms with van der Waals surface area (Å²) >= 11 is 0. The molecule has 0 saturated carbocycles. The summed E-state index contributed by atoms with van der Waals surface area (Å²) in [4.78, 5) is 16.4. The van der Waals surface area contributed by atoms with Gasteiger partial charge in [-0.05, 0) is 48.5 Å². The van der Waals surface area contributed by atoms with E-state index in [1.807, 2.05) is 0 Å². The zero-order chi connectivity index (χ0) is 18.6. The fourth-order valence-electron chi connectivity index (χ4n) is 2.53.